The molecule has 3 rings (SSSR count). The Morgan fingerprint density at radius 1 is 1.22 bits per heavy atom. The fourth-order valence-electron chi connectivity index (χ4n) is 2.92. The number of fused-ring (bicyclic) bond motifs is 1. The quantitative estimate of drug-likeness (QED) is 0.683. The minimum absolute atomic E-state index is 0.253. The Hall–Kier alpha value is -2.40. The van der Waals surface area contributed by atoms with E-state index < -0.39 is 0 Å². The first-order valence-corrected chi connectivity index (χ1v) is 7.74. The molecule has 0 atom stereocenters. The fourth-order valence-corrected chi connectivity index (χ4v) is 2.92. The maximum absolute atomic E-state index is 14.2. The topological polar surface area (TPSA) is 63.9 Å². The summed E-state index contributed by atoms with van der Waals surface area (Å²) >= 11 is 0. The molecule has 0 aliphatic rings. The lowest BCUT2D eigenvalue weighted by molar-refractivity contribution is 0.399. The zero-order chi connectivity index (χ0) is 16.2. The van der Waals surface area contributed by atoms with Crippen molar-refractivity contribution in [3.8, 4) is 17.1 Å². The Morgan fingerprint density at radius 2 is 2.09 bits per heavy atom. The molecule has 23 heavy (non-hydrogen) atoms. The molecule has 0 fully saturated rings. The highest BCUT2D eigenvalue weighted by molar-refractivity contribution is 5.92. The number of aromatic amines is 1. The van der Waals surface area contributed by atoms with Crippen LogP contribution in [0, 0.1) is 5.82 Å². The van der Waals surface area contributed by atoms with Crippen molar-refractivity contribution in [2.24, 2.45) is 5.73 Å². The first kappa shape index (κ1) is 15.5. The average Bonchev–Trinajstić information content (AvgIpc) is 2.95. The largest absolute Gasteiger partial charge is 0.481 e. The van der Waals surface area contributed by atoms with Crippen LogP contribution >= 0.6 is 0 Å². The highest BCUT2D eigenvalue weighted by atomic mass is 19.1. The maximum Gasteiger partial charge on any atom is 0.222 e. The number of nitrogens with one attached hydrogen (secondary N) is 1. The highest BCUT2D eigenvalue weighted by Crippen LogP contribution is 2.36. The van der Waals surface area contributed by atoms with Gasteiger partial charge < -0.3 is 15.5 Å². The second-order valence-electron chi connectivity index (χ2n) is 5.45. The molecule has 0 amide bonds. The van der Waals surface area contributed by atoms with Crippen molar-refractivity contribution < 1.29 is 9.13 Å². The van der Waals surface area contributed by atoms with Crippen LogP contribution in [0.25, 0.3) is 22.2 Å². The summed E-state index contributed by atoms with van der Waals surface area (Å²) in [4.78, 5) is 7.47. The number of rotatable bonds is 6. The number of para-hydroxylation sites is 1. The molecule has 120 valence electrons. The molecule has 0 spiro atoms. The molecular weight excluding hydrogens is 293 g/mol. The van der Waals surface area contributed by atoms with Crippen LogP contribution < -0.4 is 10.5 Å². The standard InChI is InChI=1S/C18H20FN3O/c1-23-18-14(8-5-11-21-18)16-12(6-2-3-10-20)13-7-4-9-15(19)17(13)22-16/h4-5,7-9,11,22H,2-3,6,10,20H2,1H3. The minimum Gasteiger partial charge on any atom is -0.481 e. The van der Waals surface area contributed by atoms with Crippen molar-refractivity contribution >= 4 is 10.9 Å². The van der Waals surface area contributed by atoms with E-state index in [-0.39, 0.29) is 5.82 Å². The number of halogens is 1. The first-order valence-electron chi connectivity index (χ1n) is 7.74. The number of aryl methyl sites for hydroxylation is 1. The number of nitrogens with two attached hydrogens (primary N) is 1. The van der Waals surface area contributed by atoms with Crippen LogP contribution in [-0.2, 0) is 6.42 Å². The predicted octanol–water partition coefficient (Wildman–Crippen LogP) is 3.66. The van der Waals surface area contributed by atoms with Gasteiger partial charge in [0.15, 0.2) is 0 Å². The molecule has 0 aliphatic heterocycles. The summed E-state index contributed by atoms with van der Waals surface area (Å²) in [6.45, 7) is 0.655. The average molecular weight is 313 g/mol. The lowest BCUT2D eigenvalue weighted by Crippen LogP contribution is -1.99. The van der Waals surface area contributed by atoms with E-state index in [0.29, 0.717) is 17.9 Å². The molecule has 0 bridgehead atoms. The number of ether oxygens (including phenoxy) is 1. The number of benzene rings is 1. The zero-order valence-electron chi connectivity index (χ0n) is 13.1. The van der Waals surface area contributed by atoms with Crippen LogP contribution in [0.5, 0.6) is 5.88 Å². The molecule has 4 nitrogen and oxygen atoms in total. The van der Waals surface area contributed by atoms with Crippen molar-refractivity contribution in [3.63, 3.8) is 0 Å². The Labute approximate surface area is 134 Å². The van der Waals surface area contributed by atoms with Crippen molar-refractivity contribution in [3.05, 3.63) is 47.9 Å². The summed E-state index contributed by atoms with van der Waals surface area (Å²) in [6.07, 6.45) is 4.40. The van der Waals surface area contributed by atoms with E-state index in [4.69, 9.17) is 10.5 Å². The Bertz CT molecular complexity index is 813. The van der Waals surface area contributed by atoms with Gasteiger partial charge in [0.1, 0.15) is 5.82 Å². The second-order valence-corrected chi connectivity index (χ2v) is 5.45. The van der Waals surface area contributed by atoms with Gasteiger partial charge >= 0.3 is 0 Å². The molecule has 5 heteroatoms. The second kappa shape index (κ2) is 6.79. The van der Waals surface area contributed by atoms with Gasteiger partial charge in [-0.2, -0.15) is 0 Å². The van der Waals surface area contributed by atoms with Gasteiger partial charge in [0.05, 0.1) is 23.9 Å². The highest BCUT2D eigenvalue weighted by Gasteiger charge is 2.18. The number of nitrogens with zero attached hydrogens (tertiary/aromatic N) is 1. The van der Waals surface area contributed by atoms with E-state index in [0.717, 1.165) is 41.5 Å². The van der Waals surface area contributed by atoms with Gasteiger partial charge in [0.25, 0.3) is 0 Å². The Kier molecular flexibility index (Phi) is 4.57. The molecule has 0 aliphatic carbocycles. The number of hydrogen-bond donors (Lipinski definition) is 2. The van der Waals surface area contributed by atoms with Crippen LogP contribution in [0.15, 0.2) is 36.5 Å². The summed E-state index contributed by atoms with van der Waals surface area (Å²) in [7, 11) is 1.59. The zero-order valence-corrected chi connectivity index (χ0v) is 13.1. The van der Waals surface area contributed by atoms with Gasteiger partial charge in [-0.3, -0.25) is 0 Å². The molecule has 2 aromatic heterocycles. The predicted molar refractivity (Wildman–Crippen MR) is 90.0 cm³/mol. The smallest absolute Gasteiger partial charge is 0.222 e. The lowest BCUT2D eigenvalue weighted by Gasteiger charge is -2.08. The van der Waals surface area contributed by atoms with Gasteiger partial charge in [0, 0.05) is 11.6 Å². The maximum atomic E-state index is 14.2. The fraction of sp³-hybridized carbons (Fsp3) is 0.278. The first-order chi connectivity index (χ1) is 11.3. The summed E-state index contributed by atoms with van der Waals surface area (Å²) < 4.78 is 19.5. The molecule has 0 saturated heterocycles. The molecular formula is C18H20FN3O. The third-order valence-corrected chi connectivity index (χ3v) is 4.01. The minimum atomic E-state index is -0.253. The van der Waals surface area contributed by atoms with E-state index in [1.54, 1.807) is 19.4 Å². The van der Waals surface area contributed by atoms with Gasteiger partial charge in [-0.05, 0) is 49.6 Å². The van der Waals surface area contributed by atoms with Crippen LogP contribution in [0.4, 0.5) is 4.39 Å². The van der Waals surface area contributed by atoms with E-state index in [2.05, 4.69) is 9.97 Å². The van der Waals surface area contributed by atoms with Gasteiger partial charge in [-0.1, -0.05) is 12.1 Å². The van der Waals surface area contributed by atoms with E-state index in [1.807, 2.05) is 18.2 Å². The molecule has 3 aromatic rings. The van der Waals surface area contributed by atoms with Crippen molar-refractivity contribution in [2.45, 2.75) is 19.3 Å². The van der Waals surface area contributed by atoms with Crippen LogP contribution in [0.3, 0.4) is 0 Å². The Balaban J connectivity index is 2.18. The number of pyridine rings is 1. The lowest BCUT2D eigenvalue weighted by atomic mass is 10.0. The van der Waals surface area contributed by atoms with Crippen LogP contribution in [0.1, 0.15) is 18.4 Å². The van der Waals surface area contributed by atoms with Gasteiger partial charge in [-0.15, -0.1) is 0 Å². The third-order valence-electron chi connectivity index (χ3n) is 4.01. The number of aromatic nitrogens is 2. The van der Waals surface area contributed by atoms with Gasteiger partial charge in [-0.25, -0.2) is 9.37 Å². The van der Waals surface area contributed by atoms with Crippen LogP contribution in [0.2, 0.25) is 0 Å². The normalized spacial score (nSPS) is 11.1. The van der Waals surface area contributed by atoms with Gasteiger partial charge in [0.2, 0.25) is 5.88 Å². The molecule has 0 saturated carbocycles. The SMILES string of the molecule is COc1ncccc1-c1[nH]c2c(F)cccc2c1CCCCN. The summed E-state index contributed by atoms with van der Waals surface area (Å²) in [5, 5.41) is 0.905. The van der Waals surface area contributed by atoms with Crippen molar-refractivity contribution in [1.82, 2.24) is 9.97 Å². The summed E-state index contributed by atoms with van der Waals surface area (Å²) in [5.41, 5.74) is 8.92. The van der Waals surface area contributed by atoms with E-state index in [1.165, 1.54) is 6.07 Å². The van der Waals surface area contributed by atoms with E-state index in [9.17, 15) is 4.39 Å². The third kappa shape index (κ3) is 2.92. The molecule has 0 unspecified atom stereocenters. The van der Waals surface area contributed by atoms with Crippen molar-refractivity contribution in [2.75, 3.05) is 13.7 Å². The van der Waals surface area contributed by atoms with Crippen LogP contribution in [-0.4, -0.2) is 23.6 Å². The summed E-state index contributed by atoms with van der Waals surface area (Å²) in [5.74, 6) is 0.274. The molecule has 0 radical (unpaired) electrons. The Morgan fingerprint density at radius 3 is 2.87 bits per heavy atom. The summed E-state index contributed by atoms with van der Waals surface area (Å²) in [6, 6.07) is 8.93. The molecule has 2 heterocycles. The molecule has 1 aromatic carbocycles. The number of methoxy groups -OCH3 is 1. The monoisotopic (exact) mass is 313 g/mol. The molecule has 3 N–H and O–H groups in total. The number of unbranched alkanes of at least 4 members (excludes halogenated alkanes) is 1. The van der Waals surface area contributed by atoms with E-state index >= 15 is 0 Å². The number of hydrogen-bond acceptors (Lipinski definition) is 3. The van der Waals surface area contributed by atoms with Crippen molar-refractivity contribution in [1.29, 1.82) is 0 Å². The number of H-pyrrole nitrogens is 1.